The van der Waals surface area contributed by atoms with Crippen molar-refractivity contribution >= 4 is 17.5 Å². The van der Waals surface area contributed by atoms with Gasteiger partial charge >= 0.3 is 0 Å². The predicted molar refractivity (Wildman–Crippen MR) is 74.0 cm³/mol. The van der Waals surface area contributed by atoms with Crippen molar-refractivity contribution in [2.75, 3.05) is 6.54 Å². The lowest BCUT2D eigenvalue weighted by atomic mass is 10.2. The fourth-order valence-corrected chi connectivity index (χ4v) is 1.66. The zero-order valence-electron chi connectivity index (χ0n) is 10.9. The molecule has 1 aromatic carbocycles. The first-order valence-electron chi connectivity index (χ1n) is 6.20. The number of hydrogen-bond acceptors (Lipinski definition) is 3. The molecule has 0 aliphatic heterocycles. The number of rotatable bonds is 7. The summed E-state index contributed by atoms with van der Waals surface area (Å²) in [6, 6.07) is 9.00. The van der Waals surface area contributed by atoms with Crippen molar-refractivity contribution in [2.24, 2.45) is 0 Å². The summed E-state index contributed by atoms with van der Waals surface area (Å²) in [5.74, 6) is 0.400. The molecule has 0 heterocycles. The molecule has 0 saturated heterocycles. The molecule has 1 N–H and O–H groups in total. The van der Waals surface area contributed by atoms with Gasteiger partial charge in [0, 0.05) is 18.0 Å². The maximum absolute atomic E-state index is 11.7. The van der Waals surface area contributed by atoms with Crippen LogP contribution in [0.4, 0.5) is 0 Å². The number of amides is 1. The Kier molecular flexibility index (Phi) is 6.76. The van der Waals surface area contributed by atoms with E-state index in [2.05, 4.69) is 11.4 Å². The molecule has 1 amide bonds. The van der Waals surface area contributed by atoms with Crippen LogP contribution in [0.1, 0.15) is 26.2 Å². The van der Waals surface area contributed by atoms with Crippen LogP contribution in [0.3, 0.4) is 0 Å². The van der Waals surface area contributed by atoms with Gasteiger partial charge in [0.05, 0.1) is 6.07 Å². The summed E-state index contributed by atoms with van der Waals surface area (Å²) >= 11 is 5.83. The highest BCUT2D eigenvalue weighted by Crippen LogP contribution is 2.18. The van der Waals surface area contributed by atoms with E-state index in [0.29, 0.717) is 23.7 Å². The number of carbonyl (C=O) groups excluding carboxylic acids is 1. The molecule has 1 unspecified atom stereocenters. The molecule has 0 saturated carbocycles. The van der Waals surface area contributed by atoms with Crippen LogP contribution in [0.15, 0.2) is 24.3 Å². The van der Waals surface area contributed by atoms with Gasteiger partial charge in [-0.3, -0.25) is 4.79 Å². The minimum atomic E-state index is -0.575. The standard InChI is InChI=1S/C14H17ClN2O2/c1-11(14(18)17-9-4-2-3-8-16)19-13-7-5-6-12(15)10-13/h5-7,10-11H,2-4,9H2,1H3,(H,17,18). The van der Waals surface area contributed by atoms with Crippen LogP contribution >= 0.6 is 11.6 Å². The summed E-state index contributed by atoms with van der Waals surface area (Å²) in [5.41, 5.74) is 0. The van der Waals surface area contributed by atoms with Crippen molar-refractivity contribution < 1.29 is 9.53 Å². The average Bonchev–Trinajstić information content (AvgIpc) is 2.38. The van der Waals surface area contributed by atoms with E-state index in [-0.39, 0.29) is 5.91 Å². The topological polar surface area (TPSA) is 62.1 Å². The van der Waals surface area contributed by atoms with E-state index < -0.39 is 6.10 Å². The summed E-state index contributed by atoms with van der Waals surface area (Å²) in [7, 11) is 0. The van der Waals surface area contributed by atoms with E-state index in [4.69, 9.17) is 21.6 Å². The average molecular weight is 281 g/mol. The first kappa shape index (κ1) is 15.3. The molecular formula is C14H17ClN2O2. The van der Waals surface area contributed by atoms with Crippen LogP contribution < -0.4 is 10.1 Å². The Labute approximate surface area is 118 Å². The van der Waals surface area contributed by atoms with Crippen molar-refractivity contribution in [1.29, 1.82) is 5.26 Å². The fourth-order valence-electron chi connectivity index (χ4n) is 1.48. The summed E-state index contributed by atoms with van der Waals surface area (Å²) in [6.45, 7) is 2.25. The Morgan fingerprint density at radius 1 is 1.53 bits per heavy atom. The molecule has 0 bridgehead atoms. The Hall–Kier alpha value is -1.73. The van der Waals surface area contributed by atoms with Gasteiger partial charge in [-0.25, -0.2) is 0 Å². The van der Waals surface area contributed by atoms with Crippen LogP contribution in [-0.4, -0.2) is 18.6 Å². The van der Waals surface area contributed by atoms with E-state index in [0.717, 1.165) is 12.8 Å². The van der Waals surface area contributed by atoms with Gasteiger partial charge in [0.15, 0.2) is 6.10 Å². The minimum absolute atomic E-state index is 0.170. The lowest BCUT2D eigenvalue weighted by Crippen LogP contribution is -2.36. The van der Waals surface area contributed by atoms with Gasteiger partial charge in [-0.1, -0.05) is 17.7 Å². The summed E-state index contributed by atoms with van der Waals surface area (Å²) in [4.78, 5) is 11.7. The molecule has 4 nitrogen and oxygen atoms in total. The molecule has 0 aliphatic carbocycles. The van der Waals surface area contributed by atoms with Gasteiger partial charge in [0.2, 0.25) is 0 Å². The Bertz CT molecular complexity index is 457. The van der Waals surface area contributed by atoms with Gasteiger partial charge in [-0.05, 0) is 38.0 Å². The van der Waals surface area contributed by atoms with E-state index in [9.17, 15) is 4.79 Å². The number of carbonyl (C=O) groups is 1. The minimum Gasteiger partial charge on any atom is -0.481 e. The maximum Gasteiger partial charge on any atom is 0.260 e. The van der Waals surface area contributed by atoms with E-state index in [1.165, 1.54) is 0 Å². The molecule has 19 heavy (non-hydrogen) atoms. The number of benzene rings is 1. The third kappa shape index (κ3) is 6.12. The Morgan fingerprint density at radius 3 is 3.00 bits per heavy atom. The highest BCUT2D eigenvalue weighted by molar-refractivity contribution is 6.30. The molecule has 102 valence electrons. The number of nitrogens with one attached hydrogen (secondary N) is 1. The van der Waals surface area contributed by atoms with Gasteiger partial charge < -0.3 is 10.1 Å². The van der Waals surface area contributed by atoms with Crippen LogP contribution in [0.25, 0.3) is 0 Å². The number of nitrogens with zero attached hydrogens (tertiary/aromatic N) is 1. The molecule has 1 aromatic rings. The molecule has 1 rings (SSSR count). The zero-order valence-corrected chi connectivity index (χ0v) is 11.6. The number of unbranched alkanes of at least 4 members (excludes halogenated alkanes) is 2. The van der Waals surface area contributed by atoms with E-state index >= 15 is 0 Å². The quantitative estimate of drug-likeness (QED) is 0.781. The van der Waals surface area contributed by atoms with Crippen molar-refractivity contribution in [3.05, 3.63) is 29.3 Å². The van der Waals surface area contributed by atoms with Crippen molar-refractivity contribution in [3.63, 3.8) is 0 Å². The number of nitriles is 1. The summed E-state index contributed by atoms with van der Waals surface area (Å²) in [5, 5.41) is 11.7. The maximum atomic E-state index is 11.7. The predicted octanol–water partition coefficient (Wildman–Crippen LogP) is 2.92. The summed E-state index contributed by atoms with van der Waals surface area (Å²) < 4.78 is 5.49. The van der Waals surface area contributed by atoms with Gasteiger partial charge in [0.25, 0.3) is 5.91 Å². The lowest BCUT2D eigenvalue weighted by molar-refractivity contribution is -0.127. The first-order chi connectivity index (χ1) is 9.13. The SMILES string of the molecule is CC(Oc1cccc(Cl)c1)C(=O)NCCCCC#N. The highest BCUT2D eigenvalue weighted by Gasteiger charge is 2.13. The van der Waals surface area contributed by atoms with E-state index in [1.54, 1.807) is 31.2 Å². The smallest absolute Gasteiger partial charge is 0.260 e. The lowest BCUT2D eigenvalue weighted by Gasteiger charge is -2.14. The van der Waals surface area contributed by atoms with Crippen LogP contribution in [0.2, 0.25) is 5.02 Å². The van der Waals surface area contributed by atoms with Crippen molar-refractivity contribution in [1.82, 2.24) is 5.32 Å². The molecule has 5 heteroatoms. The molecule has 1 atom stereocenters. The highest BCUT2D eigenvalue weighted by atomic mass is 35.5. The van der Waals surface area contributed by atoms with E-state index in [1.807, 2.05) is 0 Å². The van der Waals surface area contributed by atoms with Crippen LogP contribution in [0, 0.1) is 11.3 Å². The third-order valence-electron chi connectivity index (χ3n) is 2.49. The first-order valence-corrected chi connectivity index (χ1v) is 6.58. The number of ether oxygens (including phenoxy) is 1. The van der Waals surface area contributed by atoms with Crippen molar-refractivity contribution in [2.45, 2.75) is 32.3 Å². The van der Waals surface area contributed by atoms with Crippen LogP contribution in [0.5, 0.6) is 5.75 Å². The summed E-state index contributed by atoms with van der Waals surface area (Å²) in [6.07, 6.45) is 1.53. The zero-order chi connectivity index (χ0) is 14.1. The number of hydrogen-bond donors (Lipinski definition) is 1. The second-order valence-electron chi connectivity index (χ2n) is 4.12. The monoisotopic (exact) mass is 280 g/mol. The van der Waals surface area contributed by atoms with Gasteiger partial charge in [-0.15, -0.1) is 0 Å². The van der Waals surface area contributed by atoms with Crippen LogP contribution in [-0.2, 0) is 4.79 Å². The van der Waals surface area contributed by atoms with Crippen molar-refractivity contribution in [3.8, 4) is 11.8 Å². The second kappa shape index (κ2) is 8.39. The molecular weight excluding hydrogens is 264 g/mol. The Morgan fingerprint density at radius 2 is 2.32 bits per heavy atom. The normalized spacial score (nSPS) is 11.4. The third-order valence-corrected chi connectivity index (χ3v) is 2.73. The molecule has 0 fully saturated rings. The fraction of sp³-hybridized carbons (Fsp3) is 0.429. The molecule has 0 aliphatic rings. The second-order valence-corrected chi connectivity index (χ2v) is 4.56. The van der Waals surface area contributed by atoms with Gasteiger partial charge in [-0.2, -0.15) is 5.26 Å². The number of halogens is 1. The molecule has 0 spiro atoms. The van der Waals surface area contributed by atoms with Gasteiger partial charge in [0.1, 0.15) is 5.75 Å². The Balaban J connectivity index is 2.31. The largest absolute Gasteiger partial charge is 0.481 e. The molecule has 0 aromatic heterocycles. The molecule has 0 radical (unpaired) electrons.